The first-order valence-electron chi connectivity index (χ1n) is 7.25. The number of rotatable bonds is 4. The summed E-state index contributed by atoms with van der Waals surface area (Å²) in [5, 5.41) is 5.05. The monoisotopic (exact) mass is 318 g/mol. The molecule has 2 aromatic rings. The number of thiazole rings is 1. The summed E-state index contributed by atoms with van der Waals surface area (Å²) in [6, 6.07) is 3.10. The van der Waals surface area contributed by atoms with E-state index in [9.17, 15) is 9.18 Å². The van der Waals surface area contributed by atoms with E-state index in [1.807, 2.05) is 0 Å². The summed E-state index contributed by atoms with van der Waals surface area (Å²) < 4.78 is 13.9. The molecule has 1 N–H and O–H groups in total. The lowest BCUT2D eigenvalue weighted by Crippen LogP contribution is -2.38. The van der Waals surface area contributed by atoms with Crippen molar-refractivity contribution in [2.24, 2.45) is 11.8 Å². The number of hydrogen-bond donors (Lipinski definition) is 1. The molecule has 1 amide bonds. The van der Waals surface area contributed by atoms with Gasteiger partial charge in [0.2, 0.25) is 0 Å². The number of pyridine rings is 1. The molecular weight excluding hydrogens is 303 g/mol. The van der Waals surface area contributed by atoms with Gasteiger partial charge in [0, 0.05) is 30.7 Å². The van der Waals surface area contributed by atoms with Crippen molar-refractivity contribution < 1.29 is 9.18 Å². The molecule has 1 aliphatic carbocycles. The molecule has 2 atom stereocenters. The highest BCUT2D eigenvalue weighted by Crippen LogP contribution is 2.46. The maximum atomic E-state index is 13.9. The highest BCUT2D eigenvalue weighted by Gasteiger charge is 2.57. The minimum Gasteiger partial charge on any atom is -0.328 e. The Kier molecular flexibility index (Phi) is 3.38. The molecule has 1 aliphatic heterocycles. The van der Waals surface area contributed by atoms with Gasteiger partial charge in [-0.15, -0.1) is 11.3 Å². The molecule has 2 fully saturated rings. The number of nitrogens with one attached hydrogen (secondary N) is 1. The number of carbonyl (C=O) groups excluding carboxylic acids is 1. The van der Waals surface area contributed by atoms with Crippen LogP contribution in [-0.2, 0) is 6.54 Å². The van der Waals surface area contributed by atoms with Gasteiger partial charge in [0.1, 0.15) is 11.5 Å². The molecule has 1 saturated heterocycles. The first-order valence-corrected chi connectivity index (χ1v) is 8.19. The maximum absolute atomic E-state index is 13.9. The SMILES string of the molecule is O=C(c1cscn1)N(Cc1ncccc1F)C1C2CNCC21. The predicted molar refractivity (Wildman–Crippen MR) is 79.8 cm³/mol. The third-order valence-corrected chi connectivity index (χ3v) is 5.06. The number of nitrogens with zero attached hydrogens (tertiary/aromatic N) is 3. The molecule has 4 rings (SSSR count). The summed E-state index contributed by atoms with van der Waals surface area (Å²) >= 11 is 1.39. The van der Waals surface area contributed by atoms with E-state index < -0.39 is 0 Å². The Balaban J connectivity index is 1.61. The van der Waals surface area contributed by atoms with Crippen LogP contribution in [0.25, 0.3) is 0 Å². The van der Waals surface area contributed by atoms with Crippen LogP contribution in [0.1, 0.15) is 16.2 Å². The van der Waals surface area contributed by atoms with Crippen LogP contribution in [-0.4, -0.2) is 39.9 Å². The smallest absolute Gasteiger partial charge is 0.273 e. The summed E-state index contributed by atoms with van der Waals surface area (Å²) in [7, 11) is 0. The fraction of sp³-hybridized carbons (Fsp3) is 0.400. The van der Waals surface area contributed by atoms with Crippen molar-refractivity contribution >= 4 is 17.2 Å². The van der Waals surface area contributed by atoms with Crippen LogP contribution >= 0.6 is 11.3 Å². The molecule has 0 bridgehead atoms. The molecule has 0 aromatic carbocycles. The average molecular weight is 318 g/mol. The van der Waals surface area contributed by atoms with Gasteiger partial charge >= 0.3 is 0 Å². The fourth-order valence-corrected chi connectivity index (χ4v) is 3.85. The Labute approximate surface area is 131 Å². The van der Waals surface area contributed by atoms with E-state index in [0.29, 0.717) is 23.2 Å². The number of halogens is 1. The van der Waals surface area contributed by atoms with Gasteiger partial charge in [-0.05, 0) is 24.0 Å². The topological polar surface area (TPSA) is 58.1 Å². The van der Waals surface area contributed by atoms with Gasteiger partial charge in [-0.2, -0.15) is 0 Å². The molecule has 5 nitrogen and oxygen atoms in total. The molecule has 2 aliphatic rings. The van der Waals surface area contributed by atoms with Gasteiger partial charge in [-0.25, -0.2) is 9.37 Å². The van der Waals surface area contributed by atoms with E-state index in [-0.39, 0.29) is 24.3 Å². The summed E-state index contributed by atoms with van der Waals surface area (Å²) in [5.41, 5.74) is 2.38. The Bertz CT molecular complexity index is 683. The summed E-state index contributed by atoms with van der Waals surface area (Å²) in [5.74, 6) is 0.428. The number of aromatic nitrogens is 2. The number of carbonyl (C=O) groups is 1. The zero-order chi connectivity index (χ0) is 15.1. The molecule has 0 radical (unpaired) electrons. The minimum absolute atomic E-state index is 0.134. The van der Waals surface area contributed by atoms with Crippen LogP contribution in [0.5, 0.6) is 0 Å². The fourth-order valence-electron chi connectivity index (χ4n) is 3.32. The second-order valence-corrected chi connectivity index (χ2v) is 6.43. The lowest BCUT2D eigenvalue weighted by molar-refractivity contribution is 0.0699. The van der Waals surface area contributed by atoms with Crippen molar-refractivity contribution in [3.8, 4) is 0 Å². The van der Waals surface area contributed by atoms with Crippen LogP contribution in [0.3, 0.4) is 0 Å². The molecule has 22 heavy (non-hydrogen) atoms. The highest BCUT2D eigenvalue weighted by atomic mass is 32.1. The molecule has 114 valence electrons. The molecular formula is C15H15FN4OS. The highest BCUT2D eigenvalue weighted by molar-refractivity contribution is 7.07. The zero-order valence-electron chi connectivity index (χ0n) is 11.8. The van der Waals surface area contributed by atoms with E-state index in [1.165, 1.54) is 17.4 Å². The maximum Gasteiger partial charge on any atom is 0.273 e. The Morgan fingerprint density at radius 1 is 1.41 bits per heavy atom. The zero-order valence-corrected chi connectivity index (χ0v) is 12.6. The number of hydrogen-bond acceptors (Lipinski definition) is 5. The molecule has 7 heteroatoms. The van der Waals surface area contributed by atoms with Gasteiger partial charge in [0.05, 0.1) is 17.7 Å². The molecule has 1 saturated carbocycles. The molecule has 2 aromatic heterocycles. The van der Waals surface area contributed by atoms with E-state index in [2.05, 4.69) is 15.3 Å². The average Bonchev–Trinajstić information content (AvgIpc) is 2.96. The van der Waals surface area contributed by atoms with E-state index in [4.69, 9.17) is 0 Å². The lowest BCUT2D eigenvalue weighted by atomic mass is 10.2. The van der Waals surface area contributed by atoms with Crippen LogP contribution in [0.2, 0.25) is 0 Å². The van der Waals surface area contributed by atoms with Gasteiger partial charge in [-0.3, -0.25) is 9.78 Å². The van der Waals surface area contributed by atoms with Crippen LogP contribution in [0.4, 0.5) is 4.39 Å². The van der Waals surface area contributed by atoms with E-state index >= 15 is 0 Å². The van der Waals surface area contributed by atoms with E-state index in [1.54, 1.807) is 28.1 Å². The summed E-state index contributed by atoms with van der Waals surface area (Å²) in [6.07, 6.45) is 1.55. The van der Waals surface area contributed by atoms with Crippen molar-refractivity contribution in [2.75, 3.05) is 13.1 Å². The lowest BCUT2D eigenvalue weighted by Gasteiger charge is -2.24. The Hall–Kier alpha value is -1.86. The minimum atomic E-state index is -0.373. The number of amides is 1. The van der Waals surface area contributed by atoms with E-state index in [0.717, 1.165) is 13.1 Å². The van der Waals surface area contributed by atoms with Crippen molar-refractivity contribution in [3.63, 3.8) is 0 Å². The van der Waals surface area contributed by atoms with Gasteiger partial charge in [0.25, 0.3) is 5.91 Å². The van der Waals surface area contributed by atoms with Gasteiger partial charge in [0.15, 0.2) is 0 Å². The van der Waals surface area contributed by atoms with Crippen LogP contribution < -0.4 is 5.32 Å². The van der Waals surface area contributed by atoms with Crippen LogP contribution in [0.15, 0.2) is 29.2 Å². The quantitative estimate of drug-likeness (QED) is 0.929. The van der Waals surface area contributed by atoms with Gasteiger partial charge in [-0.1, -0.05) is 0 Å². The number of piperidine rings is 1. The Morgan fingerprint density at radius 2 is 2.23 bits per heavy atom. The first-order chi connectivity index (χ1) is 10.8. The third kappa shape index (κ3) is 2.30. The second kappa shape index (κ2) is 5.40. The standard InChI is InChI=1S/C15H15FN4OS/c16-11-2-1-3-18-12(11)6-20(14-9-4-17-5-10(9)14)15(21)13-7-22-8-19-13/h1-3,7-10,14,17H,4-6H2. The summed E-state index contributed by atoms with van der Waals surface area (Å²) in [4.78, 5) is 22.7. The second-order valence-electron chi connectivity index (χ2n) is 5.72. The first kappa shape index (κ1) is 13.8. The van der Waals surface area contributed by atoms with Crippen molar-refractivity contribution in [1.82, 2.24) is 20.2 Å². The summed E-state index contributed by atoms with van der Waals surface area (Å²) in [6.45, 7) is 2.03. The van der Waals surface area contributed by atoms with Crippen molar-refractivity contribution in [2.45, 2.75) is 12.6 Å². The number of fused-ring (bicyclic) bond motifs is 1. The molecule has 3 heterocycles. The molecule has 2 unspecified atom stereocenters. The third-order valence-electron chi connectivity index (χ3n) is 4.47. The normalized spacial score (nSPS) is 25.8. The van der Waals surface area contributed by atoms with Crippen molar-refractivity contribution in [3.05, 3.63) is 46.4 Å². The molecule has 0 spiro atoms. The Morgan fingerprint density at radius 3 is 2.91 bits per heavy atom. The van der Waals surface area contributed by atoms with Gasteiger partial charge < -0.3 is 10.2 Å². The largest absolute Gasteiger partial charge is 0.328 e. The van der Waals surface area contributed by atoms with Crippen molar-refractivity contribution in [1.29, 1.82) is 0 Å². The van der Waals surface area contributed by atoms with Crippen LogP contribution in [0, 0.1) is 17.7 Å². The predicted octanol–water partition coefficient (Wildman–Crippen LogP) is 1.54.